The van der Waals surface area contributed by atoms with Crippen LogP contribution < -0.4 is 0 Å². The summed E-state index contributed by atoms with van der Waals surface area (Å²) >= 11 is 10.2. The monoisotopic (exact) mass is 264 g/mol. The number of ether oxygens (including phenoxy) is 1. The predicted molar refractivity (Wildman–Crippen MR) is 69.3 cm³/mol. The largest absolute Gasteiger partial charge is 0.469 e. The molecular formula is C9H12O3S3. The van der Waals surface area contributed by atoms with E-state index in [0.717, 1.165) is 11.5 Å². The molecule has 84 valence electrons. The molecule has 0 fully saturated rings. The van der Waals surface area contributed by atoms with Gasteiger partial charge in [-0.3, -0.25) is 4.79 Å². The normalized spacial score (nSPS) is 8.73. The van der Waals surface area contributed by atoms with E-state index in [-0.39, 0.29) is 5.97 Å². The quantitative estimate of drug-likeness (QED) is 0.505. The van der Waals surface area contributed by atoms with Crippen LogP contribution >= 0.6 is 36.6 Å². The maximum atomic E-state index is 9.59. The van der Waals surface area contributed by atoms with Gasteiger partial charge >= 0.3 is 5.97 Å². The number of furan rings is 1. The summed E-state index contributed by atoms with van der Waals surface area (Å²) in [4.78, 5) is 9.59. The number of methoxy groups -OCH3 is 1. The Hall–Kier alpha value is -0.460. The molecule has 1 aromatic rings. The smallest absolute Gasteiger partial charge is 0.302 e. The van der Waals surface area contributed by atoms with Crippen molar-refractivity contribution in [2.24, 2.45) is 0 Å². The highest BCUT2D eigenvalue weighted by Crippen LogP contribution is 2.15. The highest BCUT2D eigenvalue weighted by molar-refractivity contribution is 8.41. The van der Waals surface area contributed by atoms with E-state index in [4.69, 9.17) is 16.6 Å². The summed E-state index contributed by atoms with van der Waals surface area (Å²) in [5.41, 5.74) is 0. The van der Waals surface area contributed by atoms with E-state index in [2.05, 4.69) is 17.4 Å². The van der Waals surface area contributed by atoms with Gasteiger partial charge in [0.1, 0.15) is 9.29 Å². The van der Waals surface area contributed by atoms with Crippen LogP contribution in [0, 0.1) is 0 Å². The maximum absolute atomic E-state index is 9.59. The lowest BCUT2D eigenvalue weighted by Crippen LogP contribution is -1.88. The fourth-order valence-corrected chi connectivity index (χ4v) is 1.33. The van der Waals surface area contributed by atoms with Crippen LogP contribution in [0.5, 0.6) is 0 Å². The van der Waals surface area contributed by atoms with Crippen molar-refractivity contribution in [3.8, 4) is 0 Å². The molecule has 1 aromatic heterocycles. The van der Waals surface area contributed by atoms with Gasteiger partial charge in [-0.1, -0.05) is 24.0 Å². The lowest BCUT2D eigenvalue weighted by Gasteiger charge is -1.91. The van der Waals surface area contributed by atoms with Crippen LogP contribution in [0.3, 0.4) is 0 Å². The number of hydrogen-bond donors (Lipinski definition) is 1. The fourth-order valence-electron chi connectivity index (χ4n) is 0.528. The summed E-state index contributed by atoms with van der Waals surface area (Å²) in [6.45, 7) is 1.36. The molecule has 1 rings (SSSR count). The molecule has 3 nitrogen and oxygen atoms in total. The number of thiol groups is 1. The summed E-state index contributed by atoms with van der Waals surface area (Å²) in [7, 11) is 1.35. The van der Waals surface area contributed by atoms with Gasteiger partial charge in [-0.05, 0) is 12.1 Å². The molecule has 0 aromatic carbocycles. The van der Waals surface area contributed by atoms with Crippen LogP contribution in [0.1, 0.15) is 12.7 Å². The van der Waals surface area contributed by atoms with Crippen LogP contribution in [0.2, 0.25) is 0 Å². The molecule has 1 heterocycles. The van der Waals surface area contributed by atoms with Gasteiger partial charge in [-0.2, -0.15) is 0 Å². The fraction of sp³-hybridized carbons (Fsp3) is 0.333. The third kappa shape index (κ3) is 9.84. The second kappa shape index (κ2) is 8.82. The molecule has 0 saturated heterocycles. The first-order valence-corrected chi connectivity index (χ1v) is 5.83. The van der Waals surface area contributed by atoms with E-state index in [1.165, 1.54) is 25.8 Å². The lowest BCUT2D eigenvalue weighted by atomic mass is 10.5. The Bertz CT molecular complexity index is 296. The van der Waals surface area contributed by atoms with Crippen molar-refractivity contribution < 1.29 is 13.9 Å². The molecule has 0 saturated carbocycles. The Morgan fingerprint density at radius 2 is 2.33 bits per heavy atom. The van der Waals surface area contributed by atoms with Crippen molar-refractivity contribution in [3.63, 3.8) is 0 Å². The van der Waals surface area contributed by atoms with Crippen molar-refractivity contribution in [1.29, 1.82) is 0 Å². The average Bonchev–Trinajstić information content (AvgIpc) is 2.68. The Balaban J connectivity index is 0.000000336. The van der Waals surface area contributed by atoms with Crippen LogP contribution in [0.25, 0.3) is 0 Å². The number of rotatable bonds is 2. The first-order chi connectivity index (χ1) is 7.06. The van der Waals surface area contributed by atoms with E-state index in [1.807, 2.05) is 12.1 Å². The van der Waals surface area contributed by atoms with Gasteiger partial charge in [0.2, 0.25) is 0 Å². The topological polar surface area (TPSA) is 39.4 Å². The van der Waals surface area contributed by atoms with Crippen molar-refractivity contribution in [2.75, 3.05) is 7.11 Å². The zero-order valence-electron chi connectivity index (χ0n) is 8.43. The zero-order valence-corrected chi connectivity index (χ0v) is 11.0. The van der Waals surface area contributed by atoms with E-state index >= 15 is 0 Å². The Morgan fingerprint density at radius 3 is 2.67 bits per heavy atom. The van der Waals surface area contributed by atoms with Crippen molar-refractivity contribution in [1.82, 2.24) is 0 Å². The Kier molecular flexibility index (Phi) is 8.55. The highest BCUT2D eigenvalue weighted by Gasteiger charge is 1.95. The zero-order chi connectivity index (χ0) is 11.7. The minimum absolute atomic E-state index is 0.245. The number of carbonyl (C=O) groups excluding carboxylic acids is 1. The van der Waals surface area contributed by atoms with Gasteiger partial charge in [0.15, 0.2) is 0 Å². The number of thioether (sulfide) groups is 1. The summed E-state index contributed by atoms with van der Waals surface area (Å²) < 4.78 is 9.83. The van der Waals surface area contributed by atoms with E-state index in [9.17, 15) is 4.79 Å². The first kappa shape index (κ1) is 14.5. The molecule has 15 heavy (non-hydrogen) atoms. The molecular weight excluding hydrogens is 252 g/mol. The summed E-state index contributed by atoms with van der Waals surface area (Å²) in [5, 5.41) is 0. The molecule has 0 aliphatic rings. The molecule has 0 amide bonds. The van der Waals surface area contributed by atoms with Crippen LogP contribution in [0.4, 0.5) is 0 Å². The van der Waals surface area contributed by atoms with Gasteiger partial charge in [0.25, 0.3) is 0 Å². The lowest BCUT2D eigenvalue weighted by molar-refractivity contribution is -0.137. The summed E-state index contributed by atoms with van der Waals surface area (Å²) in [6.07, 6.45) is 1.65. The number of thiocarbonyl (C=S) groups is 1. The number of hydrogen-bond acceptors (Lipinski definition) is 5. The van der Waals surface area contributed by atoms with Gasteiger partial charge in [0.05, 0.1) is 19.1 Å². The van der Waals surface area contributed by atoms with Crippen molar-refractivity contribution in [3.05, 3.63) is 24.2 Å². The molecule has 0 aliphatic carbocycles. The summed E-state index contributed by atoms with van der Waals surface area (Å²) in [6, 6.07) is 3.77. The molecule has 0 N–H and O–H groups in total. The standard InChI is InChI=1S/C6H6OS3.C3H6O2/c8-6(9)10-4-5-2-1-3-7-5;1-3(4)5-2/h1-3H,4H2,(H,8,9);1-2H3. The van der Waals surface area contributed by atoms with Gasteiger partial charge in [-0.15, -0.1) is 12.6 Å². The first-order valence-electron chi connectivity index (χ1n) is 3.99. The minimum atomic E-state index is -0.245. The summed E-state index contributed by atoms with van der Waals surface area (Å²) in [5.74, 6) is 1.46. The van der Waals surface area contributed by atoms with Crippen LogP contribution in [-0.4, -0.2) is 16.6 Å². The minimum Gasteiger partial charge on any atom is -0.469 e. The molecule has 0 spiro atoms. The second-order valence-electron chi connectivity index (χ2n) is 2.33. The van der Waals surface area contributed by atoms with Crippen LogP contribution in [-0.2, 0) is 15.3 Å². The van der Waals surface area contributed by atoms with E-state index in [1.54, 1.807) is 6.26 Å². The molecule has 0 atom stereocenters. The van der Waals surface area contributed by atoms with Gasteiger partial charge in [0, 0.05) is 6.92 Å². The molecule has 6 heteroatoms. The Morgan fingerprint density at radius 1 is 1.73 bits per heavy atom. The highest BCUT2D eigenvalue weighted by atomic mass is 32.2. The molecule has 0 aliphatic heterocycles. The van der Waals surface area contributed by atoms with Crippen molar-refractivity contribution >= 4 is 46.1 Å². The molecule has 0 unspecified atom stereocenters. The average molecular weight is 264 g/mol. The third-order valence-corrected chi connectivity index (χ3v) is 2.62. The SMILES string of the molecule is COC(C)=O.S=C(S)SCc1ccco1. The van der Waals surface area contributed by atoms with Crippen molar-refractivity contribution in [2.45, 2.75) is 12.7 Å². The van der Waals surface area contributed by atoms with Crippen LogP contribution in [0.15, 0.2) is 22.8 Å². The number of carbonyl (C=O) groups is 1. The van der Waals surface area contributed by atoms with Gasteiger partial charge in [-0.25, -0.2) is 0 Å². The molecule has 0 bridgehead atoms. The van der Waals surface area contributed by atoms with E-state index in [0.29, 0.717) is 3.53 Å². The predicted octanol–water partition coefficient (Wildman–Crippen LogP) is 2.91. The third-order valence-electron chi connectivity index (χ3n) is 1.21. The second-order valence-corrected chi connectivity index (χ2v) is 5.03. The Labute approximate surface area is 104 Å². The molecule has 0 radical (unpaired) electrons. The maximum Gasteiger partial charge on any atom is 0.302 e. The van der Waals surface area contributed by atoms with E-state index < -0.39 is 0 Å². The number of esters is 1. The van der Waals surface area contributed by atoms with Gasteiger partial charge < -0.3 is 9.15 Å².